The Kier molecular flexibility index (Phi) is 4.34. The average molecular weight is 308 g/mol. The van der Waals surface area contributed by atoms with Crippen LogP contribution in [0.4, 0.5) is 5.69 Å². The molecule has 0 bridgehead atoms. The summed E-state index contributed by atoms with van der Waals surface area (Å²) in [4.78, 5) is 7.30. The molecule has 0 aliphatic heterocycles. The zero-order valence-corrected chi connectivity index (χ0v) is 13.4. The molecule has 0 aliphatic carbocycles. The van der Waals surface area contributed by atoms with Gasteiger partial charge >= 0.3 is 0 Å². The predicted octanol–water partition coefficient (Wildman–Crippen LogP) is 2.11. The van der Waals surface area contributed by atoms with E-state index in [9.17, 15) is 8.42 Å². The average Bonchev–Trinajstić information content (AvgIpc) is 2.90. The normalized spacial score (nSPS) is 13.1. The molecule has 1 heterocycles. The van der Waals surface area contributed by atoms with Gasteiger partial charge in [-0.3, -0.25) is 0 Å². The number of sulfonamides is 1. The largest absolute Gasteiger partial charge is 0.388 e. The standard InChI is InChI=1S/C14H20N4O2S/c1-9-7-12(15-4)8-10(2)13(9)21(19,20)18-11(3)14-16-5-6-17-14/h5-8,11,15,18H,1-4H3,(H,16,17). The minimum absolute atomic E-state index is 0.319. The summed E-state index contributed by atoms with van der Waals surface area (Å²) in [6.07, 6.45) is 3.26. The first kappa shape index (κ1) is 15.5. The summed E-state index contributed by atoms with van der Waals surface area (Å²) in [5.74, 6) is 0.584. The Morgan fingerprint density at radius 3 is 2.33 bits per heavy atom. The molecule has 0 amide bonds. The molecule has 21 heavy (non-hydrogen) atoms. The second-order valence-electron chi connectivity index (χ2n) is 5.01. The number of aromatic nitrogens is 2. The first-order valence-electron chi connectivity index (χ1n) is 6.65. The van der Waals surface area contributed by atoms with Crippen molar-refractivity contribution in [1.29, 1.82) is 0 Å². The lowest BCUT2D eigenvalue weighted by atomic mass is 10.1. The van der Waals surface area contributed by atoms with Gasteiger partial charge in [0.2, 0.25) is 10.0 Å². The maximum atomic E-state index is 12.6. The van der Waals surface area contributed by atoms with E-state index in [4.69, 9.17) is 0 Å². The SMILES string of the molecule is CNc1cc(C)c(S(=O)(=O)NC(C)c2ncc[nH]2)c(C)c1. The Labute approximate surface area is 125 Å². The van der Waals surface area contributed by atoms with Crippen molar-refractivity contribution in [3.63, 3.8) is 0 Å². The Hall–Kier alpha value is -1.86. The molecule has 1 aromatic carbocycles. The van der Waals surface area contributed by atoms with E-state index in [1.54, 1.807) is 40.2 Å². The second kappa shape index (κ2) is 5.87. The monoisotopic (exact) mass is 308 g/mol. The van der Waals surface area contributed by atoms with E-state index in [1.165, 1.54) is 0 Å². The maximum absolute atomic E-state index is 12.6. The molecule has 1 aromatic heterocycles. The molecule has 0 spiro atoms. The van der Waals surface area contributed by atoms with Gasteiger partial charge < -0.3 is 10.3 Å². The summed E-state index contributed by atoms with van der Waals surface area (Å²) in [6.45, 7) is 5.34. The lowest BCUT2D eigenvalue weighted by molar-refractivity contribution is 0.560. The Bertz CT molecular complexity index is 700. The van der Waals surface area contributed by atoms with Crippen molar-refractivity contribution in [3.8, 4) is 0 Å². The van der Waals surface area contributed by atoms with Crippen molar-refractivity contribution in [1.82, 2.24) is 14.7 Å². The third-order valence-corrected chi connectivity index (χ3v) is 5.12. The van der Waals surface area contributed by atoms with Crippen LogP contribution >= 0.6 is 0 Å². The lowest BCUT2D eigenvalue weighted by Gasteiger charge is -2.16. The van der Waals surface area contributed by atoms with E-state index in [-0.39, 0.29) is 0 Å². The number of benzene rings is 1. The zero-order chi connectivity index (χ0) is 15.6. The first-order valence-corrected chi connectivity index (χ1v) is 8.14. The number of hydrogen-bond acceptors (Lipinski definition) is 4. The maximum Gasteiger partial charge on any atom is 0.241 e. The van der Waals surface area contributed by atoms with E-state index >= 15 is 0 Å². The van der Waals surface area contributed by atoms with Crippen LogP contribution in [-0.4, -0.2) is 25.4 Å². The molecule has 0 saturated carbocycles. The molecule has 0 saturated heterocycles. The van der Waals surface area contributed by atoms with Gasteiger partial charge in [0.05, 0.1) is 10.9 Å². The Morgan fingerprint density at radius 1 is 1.24 bits per heavy atom. The van der Waals surface area contributed by atoms with E-state index in [1.807, 2.05) is 12.1 Å². The molecule has 1 atom stereocenters. The minimum atomic E-state index is -3.61. The fourth-order valence-corrected chi connectivity index (χ4v) is 4.04. The van der Waals surface area contributed by atoms with E-state index in [0.717, 1.165) is 5.69 Å². The van der Waals surface area contributed by atoms with Gasteiger partial charge in [-0.1, -0.05) is 0 Å². The highest BCUT2D eigenvalue weighted by Crippen LogP contribution is 2.25. The van der Waals surface area contributed by atoms with E-state index < -0.39 is 16.1 Å². The summed E-state index contributed by atoms with van der Waals surface area (Å²) in [6, 6.07) is 3.21. The van der Waals surface area contributed by atoms with Gasteiger partial charge in [0.25, 0.3) is 0 Å². The predicted molar refractivity (Wildman–Crippen MR) is 82.8 cm³/mol. The molecule has 1 unspecified atom stereocenters. The van der Waals surface area contributed by atoms with Crippen molar-refractivity contribution >= 4 is 15.7 Å². The highest BCUT2D eigenvalue weighted by atomic mass is 32.2. The van der Waals surface area contributed by atoms with Gasteiger partial charge in [-0.05, 0) is 44.0 Å². The van der Waals surface area contributed by atoms with Crippen LogP contribution in [0.2, 0.25) is 0 Å². The quantitative estimate of drug-likeness (QED) is 0.789. The van der Waals surface area contributed by atoms with Gasteiger partial charge in [0.1, 0.15) is 5.82 Å². The molecular weight excluding hydrogens is 288 g/mol. The summed E-state index contributed by atoms with van der Waals surface area (Å²) in [5.41, 5.74) is 2.31. The number of nitrogens with one attached hydrogen (secondary N) is 3. The molecule has 2 rings (SSSR count). The van der Waals surface area contributed by atoms with Crippen LogP contribution < -0.4 is 10.0 Å². The smallest absolute Gasteiger partial charge is 0.241 e. The molecule has 0 radical (unpaired) electrons. The Morgan fingerprint density at radius 2 is 1.86 bits per heavy atom. The van der Waals surface area contributed by atoms with Crippen molar-refractivity contribution in [2.75, 3.05) is 12.4 Å². The molecule has 3 N–H and O–H groups in total. The number of nitrogens with zero attached hydrogens (tertiary/aromatic N) is 1. The number of anilines is 1. The molecule has 0 aliphatic rings. The van der Waals surface area contributed by atoms with Gasteiger partial charge in [-0.2, -0.15) is 0 Å². The number of aryl methyl sites for hydroxylation is 2. The molecule has 6 nitrogen and oxygen atoms in total. The number of hydrogen-bond donors (Lipinski definition) is 3. The van der Waals surface area contributed by atoms with E-state index in [0.29, 0.717) is 21.8 Å². The number of imidazole rings is 1. The highest BCUT2D eigenvalue weighted by Gasteiger charge is 2.23. The third kappa shape index (κ3) is 3.25. The lowest BCUT2D eigenvalue weighted by Crippen LogP contribution is -2.28. The van der Waals surface area contributed by atoms with Crippen LogP contribution in [-0.2, 0) is 10.0 Å². The van der Waals surface area contributed by atoms with Crippen molar-refractivity contribution in [2.45, 2.75) is 31.7 Å². The van der Waals surface area contributed by atoms with Crippen LogP contribution in [0.15, 0.2) is 29.4 Å². The first-order chi connectivity index (χ1) is 9.85. The molecule has 7 heteroatoms. The third-order valence-electron chi connectivity index (χ3n) is 3.28. The van der Waals surface area contributed by atoms with Crippen molar-refractivity contribution < 1.29 is 8.42 Å². The van der Waals surface area contributed by atoms with Crippen LogP contribution in [0, 0.1) is 13.8 Å². The van der Waals surface area contributed by atoms with Gasteiger partial charge in [-0.25, -0.2) is 18.1 Å². The minimum Gasteiger partial charge on any atom is -0.388 e. The number of rotatable bonds is 5. The summed E-state index contributed by atoms with van der Waals surface area (Å²) < 4.78 is 27.9. The number of H-pyrrole nitrogens is 1. The van der Waals surface area contributed by atoms with Crippen molar-refractivity contribution in [3.05, 3.63) is 41.5 Å². The van der Waals surface area contributed by atoms with Crippen LogP contribution in [0.3, 0.4) is 0 Å². The number of aromatic amines is 1. The topological polar surface area (TPSA) is 86.9 Å². The molecule has 114 valence electrons. The Balaban J connectivity index is 2.36. The highest BCUT2D eigenvalue weighted by molar-refractivity contribution is 7.89. The van der Waals surface area contributed by atoms with Gasteiger partial charge in [0.15, 0.2) is 0 Å². The van der Waals surface area contributed by atoms with E-state index in [2.05, 4.69) is 20.0 Å². The summed E-state index contributed by atoms with van der Waals surface area (Å²) in [7, 11) is -1.80. The summed E-state index contributed by atoms with van der Waals surface area (Å²) in [5, 5.41) is 3.02. The van der Waals surface area contributed by atoms with Crippen LogP contribution in [0.5, 0.6) is 0 Å². The zero-order valence-electron chi connectivity index (χ0n) is 12.6. The fraction of sp³-hybridized carbons (Fsp3) is 0.357. The van der Waals surface area contributed by atoms with Crippen LogP contribution in [0.1, 0.15) is 29.9 Å². The summed E-state index contributed by atoms with van der Waals surface area (Å²) >= 11 is 0. The second-order valence-corrected chi connectivity index (χ2v) is 6.66. The van der Waals surface area contributed by atoms with Gasteiger partial charge in [0, 0.05) is 25.1 Å². The molecular formula is C14H20N4O2S. The molecule has 2 aromatic rings. The van der Waals surface area contributed by atoms with Crippen molar-refractivity contribution in [2.24, 2.45) is 0 Å². The van der Waals surface area contributed by atoms with Gasteiger partial charge in [-0.15, -0.1) is 0 Å². The molecule has 0 fully saturated rings. The van der Waals surface area contributed by atoms with Crippen LogP contribution in [0.25, 0.3) is 0 Å². The fourth-order valence-electron chi connectivity index (χ4n) is 2.38.